The smallest absolute Gasteiger partial charge is 0.240 e. The van der Waals surface area contributed by atoms with Crippen LogP contribution in [0.25, 0.3) is 0 Å². The Morgan fingerprint density at radius 3 is 2.69 bits per heavy atom. The Morgan fingerprint density at radius 2 is 2.00 bits per heavy atom. The summed E-state index contributed by atoms with van der Waals surface area (Å²) >= 11 is 1.38. The van der Waals surface area contributed by atoms with Gasteiger partial charge in [0.1, 0.15) is 11.0 Å². The van der Waals surface area contributed by atoms with Crippen molar-refractivity contribution in [1.82, 2.24) is 10.6 Å². The fourth-order valence-corrected chi connectivity index (χ4v) is 4.20. The Morgan fingerprint density at radius 1 is 1.27 bits per heavy atom. The predicted octanol–water partition coefficient (Wildman–Crippen LogP) is 2.62. The summed E-state index contributed by atoms with van der Waals surface area (Å²) in [5.41, 5.74) is 0.988. The third kappa shape index (κ3) is 5.24. The number of benzene rings is 1. The van der Waals surface area contributed by atoms with Gasteiger partial charge in [0.25, 0.3) is 0 Å². The summed E-state index contributed by atoms with van der Waals surface area (Å²) in [4.78, 5) is 28.9. The molecule has 1 aromatic carbocycles. The molecule has 2 amide bonds. The van der Waals surface area contributed by atoms with E-state index < -0.39 is 5.25 Å². The van der Waals surface area contributed by atoms with E-state index in [4.69, 9.17) is 4.74 Å². The number of carbonyl (C=O) groups excluding carboxylic acids is 2. The molecule has 0 bridgehead atoms. The third-order valence-electron chi connectivity index (χ3n) is 4.67. The lowest BCUT2D eigenvalue weighted by Crippen LogP contribution is -2.31. The second kappa shape index (κ2) is 9.07. The molecule has 0 unspecified atom stereocenters. The van der Waals surface area contributed by atoms with Crippen LogP contribution in [-0.4, -0.2) is 35.4 Å². The highest BCUT2D eigenvalue weighted by Gasteiger charge is 2.32. The summed E-state index contributed by atoms with van der Waals surface area (Å²) in [5, 5.41) is 5.97. The second-order valence-corrected chi connectivity index (χ2v) is 7.84. The van der Waals surface area contributed by atoms with Gasteiger partial charge >= 0.3 is 0 Å². The molecule has 6 nitrogen and oxygen atoms in total. The molecule has 26 heavy (non-hydrogen) atoms. The number of methoxy groups -OCH3 is 1. The van der Waals surface area contributed by atoms with Crippen molar-refractivity contribution < 1.29 is 14.3 Å². The fourth-order valence-electron chi connectivity index (χ4n) is 3.16. The first-order chi connectivity index (χ1) is 12.6. The van der Waals surface area contributed by atoms with Crippen molar-refractivity contribution in [2.24, 2.45) is 4.99 Å². The molecule has 2 N–H and O–H groups in total. The largest absolute Gasteiger partial charge is 0.497 e. The molecular weight excluding hydrogens is 350 g/mol. The van der Waals surface area contributed by atoms with Crippen LogP contribution in [0.3, 0.4) is 0 Å². The molecule has 1 atom stereocenters. The van der Waals surface area contributed by atoms with Gasteiger partial charge in [-0.2, -0.15) is 0 Å². The molecule has 140 valence electrons. The fraction of sp³-hybridized carbons (Fsp3) is 0.526. The maximum Gasteiger partial charge on any atom is 0.240 e. The highest BCUT2D eigenvalue weighted by atomic mass is 32.2. The molecule has 0 aromatic heterocycles. The van der Waals surface area contributed by atoms with E-state index in [0.717, 1.165) is 24.2 Å². The number of amidine groups is 1. The number of ether oxygens (including phenoxy) is 1. The molecule has 2 aliphatic rings. The minimum Gasteiger partial charge on any atom is -0.497 e. The number of aliphatic imine (C=N–C) groups is 1. The number of amides is 2. The molecule has 1 heterocycles. The number of hydrogen-bond donors (Lipinski definition) is 2. The SMILES string of the molecule is COc1ccc(CNC(=O)C[C@H]2SC(=NC3CCCCC3)NC2=O)cc1. The number of thioether (sulfide) groups is 1. The zero-order valence-corrected chi connectivity index (χ0v) is 15.8. The van der Waals surface area contributed by atoms with Gasteiger partial charge in [0.2, 0.25) is 11.8 Å². The van der Waals surface area contributed by atoms with Gasteiger partial charge in [-0.05, 0) is 30.5 Å². The molecule has 1 aliphatic heterocycles. The van der Waals surface area contributed by atoms with Crippen molar-refractivity contribution in [2.45, 2.75) is 56.4 Å². The average Bonchev–Trinajstić information content (AvgIpc) is 3.00. The third-order valence-corrected chi connectivity index (χ3v) is 5.77. The van der Waals surface area contributed by atoms with E-state index in [2.05, 4.69) is 15.6 Å². The Hall–Kier alpha value is -2.02. The van der Waals surface area contributed by atoms with Crippen molar-refractivity contribution in [2.75, 3.05) is 7.11 Å². The zero-order chi connectivity index (χ0) is 18.4. The van der Waals surface area contributed by atoms with Gasteiger partial charge in [-0.3, -0.25) is 14.6 Å². The number of nitrogens with zero attached hydrogens (tertiary/aromatic N) is 1. The summed E-state index contributed by atoms with van der Waals surface area (Å²) in [5.74, 6) is 0.528. The molecule has 3 rings (SSSR count). The van der Waals surface area contributed by atoms with Gasteiger partial charge in [-0.15, -0.1) is 0 Å². The highest BCUT2D eigenvalue weighted by Crippen LogP contribution is 2.26. The standard InChI is InChI=1S/C19H25N3O3S/c1-25-15-9-7-13(8-10-15)12-20-17(23)11-16-18(24)22-19(26-16)21-14-5-3-2-4-6-14/h7-10,14,16H,2-6,11-12H2,1H3,(H,20,23)(H,21,22,24)/t16-/m1/s1. The van der Waals surface area contributed by atoms with Crippen LogP contribution in [0.15, 0.2) is 29.3 Å². The Kier molecular flexibility index (Phi) is 6.55. The van der Waals surface area contributed by atoms with Gasteiger partial charge in [-0.1, -0.05) is 43.2 Å². The number of nitrogens with one attached hydrogen (secondary N) is 2. The molecule has 1 aromatic rings. The molecule has 0 radical (unpaired) electrons. The minimum absolute atomic E-state index is 0.121. The van der Waals surface area contributed by atoms with Crippen molar-refractivity contribution >= 4 is 28.7 Å². The lowest BCUT2D eigenvalue weighted by Gasteiger charge is -2.17. The van der Waals surface area contributed by atoms with Crippen LogP contribution in [0, 0.1) is 0 Å². The van der Waals surface area contributed by atoms with E-state index in [1.807, 2.05) is 24.3 Å². The van der Waals surface area contributed by atoms with E-state index in [0.29, 0.717) is 17.8 Å². The lowest BCUT2D eigenvalue weighted by atomic mass is 9.96. The quantitative estimate of drug-likeness (QED) is 0.801. The molecule has 1 aliphatic carbocycles. The molecule has 1 saturated heterocycles. The van der Waals surface area contributed by atoms with Gasteiger partial charge in [-0.25, -0.2) is 0 Å². The first-order valence-corrected chi connectivity index (χ1v) is 9.97. The predicted molar refractivity (Wildman–Crippen MR) is 103 cm³/mol. The van der Waals surface area contributed by atoms with Crippen molar-refractivity contribution in [3.8, 4) is 5.75 Å². The lowest BCUT2D eigenvalue weighted by molar-refractivity contribution is -0.125. The second-order valence-electron chi connectivity index (χ2n) is 6.65. The summed E-state index contributed by atoms with van der Waals surface area (Å²) < 4.78 is 5.11. The van der Waals surface area contributed by atoms with Crippen LogP contribution in [0.4, 0.5) is 0 Å². The number of hydrogen-bond acceptors (Lipinski definition) is 5. The monoisotopic (exact) mass is 375 g/mol. The van der Waals surface area contributed by atoms with Crippen LogP contribution in [-0.2, 0) is 16.1 Å². The van der Waals surface area contributed by atoms with E-state index in [9.17, 15) is 9.59 Å². The normalized spacial score (nSPS) is 22.3. The van der Waals surface area contributed by atoms with Gasteiger partial charge in [0, 0.05) is 13.0 Å². The van der Waals surface area contributed by atoms with Crippen molar-refractivity contribution in [3.05, 3.63) is 29.8 Å². The van der Waals surface area contributed by atoms with Crippen molar-refractivity contribution in [1.29, 1.82) is 0 Å². The van der Waals surface area contributed by atoms with Crippen LogP contribution >= 0.6 is 11.8 Å². The van der Waals surface area contributed by atoms with Crippen LogP contribution in [0.2, 0.25) is 0 Å². The molecule has 2 fully saturated rings. The summed E-state index contributed by atoms with van der Waals surface area (Å²) in [6, 6.07) is 7.84. The zero-order valence-electron chi connectivity index (χ0n) is 15.0. The summed E-state index contributed by atoms with van der Waals surface area (Å²) in [6.45, 7) is 0.435. The molecule has 7 heteroatoms. The Labute approximate surface area is 158 Å². The van der Waals surface area contributed by atoms with E-state index >= 15 is 0 Å². The van der Waals surface area contributed by atoms with Gasteiger partial charge < -0.3 is 15.4 Å². The molecular formula is C19H25N3O3S. The Bertz CT molecular complexity index is 669. The first-order valence-electron chi connectivity index (χ1n) is 9.09. The number of rotatable bonds is 6. The molecule has 1 saturated carbocycles. The molecule has 0 spiro atoms. The minimum atomic E-state index is -0.395. The maximum atomic E-state index is 12.2. The van der Waals surface area contributed by atoms with Crippen LogP contribution in [0.5, 0.6) is 5.75 Å². The maximum absolute atomic E-state index is 12.2. The Balaban J connectivity index is 1.46. The van der Waals surface area contributed by atoms with E-state index in [1.54, 1.807) is 7.11 Å². The van der Waals surface area contributed by atoms with Gasteiger partial charge in [0.05, 0.1) is 13.2 Å². The van der Waals surface area contributed by atoms with Crippen LogP contribution in [0.1, 0.15) is 44.1 Å². The van der Waals surface area contributed by atoms with E-state index in [-0.39, 0.29) is 18.2 Å². The van der Waals surface area contributed by atoms with Gasteiger partial charge in [0.15, 0.2) is 5.17 Å². The average molecular weight is 375 g/mol. The summed E-state index contributed by atoms with van der Waals surface area (Å²) in [6.07, 6.45) is 6.03. The number of carbonyl (C=O) groups is 2. The summed E-state index contributed by atoms with van der Waals surface area (Å²) in [7, 11) is 1.62. The highest BCUT2D eigenvalue weighted by molar-refractivity contribution is 8.15. The van der Waals surface area contributed by atoms with Crippen LogP contribution < -0.4 is 15.4 Å². The topological polar surface area (TPSA) is 79.8 Å². The first kappa shape index (κ1) is 18.8. The van der Waals surface area contributed by atoms with Crippen molar-refractivity contribution in [3.63, 3.8) is 0 Å². The van der Waals surface area contributed by atoms with E-state index in [1.165, 1.54) is 31.0 Å².